The molecule has 0 saturated carbocycles. The van der Waals surface area contributed by atoms with Crippen LogP contribution in [0, 0.1) is 0 Å². The number of ketones is 1. The molecule has 0 fully saturated rings. The minimum Gasteiger partial charge on any atom is -0.466 e. The number of rotatable bonds is 3. The lowest BCUT2D eigenvalue weighted by Crippen LogP contribution is -2.34. The van der Waals surface area contributed by atoms with E-state index in [4.69, 9.17) is 27.9 Å². The van der Waals surface area contributed by atoms with E-state index in [1.165, 1.54) is 12.1 Å². The fraction of sp³-hybridized carbons (Fsp3) is 0.357. The molecule has 112 valence electrons. The molecule has 0 heterocycles. The van der Waals surface area contributed by atoms with Crippen molar-refractivity contribution in [2.75, 3.05) is 6.61 Å². The molecule has 1 unspecified atom stereocenters. The van der Waals surface area contributed by atoms with Gasteiger partial charge < -0.3 is 9.94 Å². The van der Waals surface area contributed by atoms with Crippen LogP contribution < -0.4 is 0 Å². The van der Waals surface area contributed by atoms with Gasteiger partial charge in [-0.05, 0) is 31.5 Å². The van der Waals surface area contributed by atoms with Gasteiger partial charge in [0.1, 0.15) is 5.71 Å². The first-order valence-corrected chi connectivity index (χ1v) is 7.03. The number of carbonyl (C=O) groups excluding carboxylic acids is 2. The van der Waals surface area contributed by atoms with Gasteiger partial charge in [0.2, 0.25) is 5.78 Å². The fourth-order valence-electron chi connectivity index (χ4n) is 2.64. The number of hydrogen-bond acceptors (Lipinski definition) is 5. The molecular formula is C14H13Cl2NO4. The van der Waals surface area contributed by atoms with Gasteiger partial charge in [0.15, 0.2) is 0 Å². The van der Waals surface area contributed by atoms with E-state index in [1.54, 1.807) is 13.8 Å². The van der Waals surface area contributed by atoms with Gasteiger partial charge in [-0.2, -0.15) is 0 Å². The van der Waals surface area contributed by atoms with Crippen LogP contribution in [0.3, 0.4) is 0 Å². The Balaban J connectivity index is 2.61. The lowest BCUT2D eigenvalue weighted by molar-refractivity contribution is -0.143. The van der Waals surface area contributed by atoms with E-state index in [0.717, 1.165) is 0 Å². The van der Waals surface area contributed by atoms with Crippen LogP contribution in [-0.4, -0.2) is 29.3 Å². The van der Waals surface area contributed by atoms with Crippen molar-refractivity contribution >= 4 is 40.7 Å². The maximum atomic E-state index is 12.3. The summed E-state index contributed by atoms with van der Waals surface area (Å²) in [6, 6.07) is 2.94. The van der Waals surface area contributed by atoms with Gasteiger partial charge in [0, 0.05) is 15.6 Å². The predicted octanol–water partition coefficient (Wildman–Crippen LogP) is 3.23. The van der Waals surface area contributed by atoms with Crippen molar-refractivity contribution in [1.29, 1.82) is 0 Å². The topological polar surface area (TPSA) is 76.0 Å². The predicted molar refractivity (Wildman–Crippen MR) is 78.6 cm³/mol. The number of fused-ring (bicyclic) bond motifs is 1. The molecule has 0 bridgehead atoms. The second-order valence-electron chi connectivity index (χ2n) is 4.90. The number of hydrogen-bond donors (Lipinski definition) is 1. The fourth-order valence-corrected chi connectivity index (χ4v) is 3.34. The van der Waals surface area contributed by atoms with E-state index in [1.807, 2.05) is 0 Å². The summed E-state index contributed by atoms with van der Waals surface area (Å²) in [5, 5.41) is 12.8. The molecule has 0 aromatic heterocycles. The minimum atomic E-state index is -1.14. The normalized spacial score (nSPS) is 22.5. The second-order valence-corrected chi connectivity index (χ2v) is 5.75. The highest BCUT2D eigenvalue weighted by molar-refractivity contribution is 6.54. The Bertz CT molecular complexity index is 657. The third-order valence-electron chi connectivity index (χ3n) is 3.49. The summed E-state index contributed by atoms with van der Waals surface area (Å²) in [5.74, 6) is -1.00. The first-order chi connectivity index (χ1) is 9.85. The average Bonchev–Trinajstić information content (AvgIpc) is 2.57. The minimum absolute atomic E-state index is 0.144. The standard InChI is InChI=1S/C14H13Cl2NO4/c1-3-21-10(18)6-14(2)11-8(12(19)13(14)17-20)4-7(15)5-9(11)16/h4-5,20H,3,6H2,1-2H3/b17-13-. The molecule has 1 aliphatic carbocycles. The number of nitrogens with zero attached hydrogens (tertiary/aromatic N) is 1. The van der Waals surface area contributed by atoms with Gasteiger partial charge >= 0.3 is 5.97 Å². The molecule has 5 nitrogen and oxygen atoms in total. The monoisotopic (exact) mass is 329 g/mol. The summed E-state index contributed by atoms with van der Waals surface area (Å²) in [6.45, 7) is 3.51. The van der Waals surface area contributed by atoms with Gasteiger partial charge in [-0.25, -0.2) is 0 Å². The van der Waals surface area contributed by atoms with E-state index in [0.29, 0.717) is 10.6 Å². The number of oxime groups is 1. The lowest BCUT2D eigenvalue weighted by atomic mass is 9.79. The molecule has 2 rings (SSSR count). The third kappa shape index (κ3) is 2.51. The zero-order chi connectivity index (χ0) is 15.8. The first-order valence-electron chi connectivity index (χ1n) is 6.27. The Morgan fingerprint density at radius 2 is 2.10 bits per heavy atom. The molecule has 1 aliphatic rings. The number of benzene rings is 1. The molecule has 1 aromatic carbocycles. The van der Waals surface area contributed by atoms with Crippen molar-refractivity contribution in [2.24, 2.45) is 5.16 Å². The number of halogens is 2. The zero-order valence-corrected chi connectivity index (χ0v) is 13.0. The Morgan fingerprint density at radius 3 is 2.67 bits per heavy atom. The van der Waals surface area contributed by atoms with Gasteiger partial charge in [-0.1, -0.05) is 28.4 Å². The molecule has 0 saturated heterocycles. The van der Waals surface area contributed by atoms with Gasteiger partial charge in [0.25, 0.3) is 0 Å². The molecule has 1 N–H and O–H groups in total. The largest absolute Gasteiger partial charge is 0.466 e. The Labute approximate surface area is 131 Å². The van der Waals surface area contributed by atoms with Crippen LogP contribution in [-0.2, 0) is 14.9 Å². The summed E-state index contributed by atoms with van der Waals surface area (Å²) < 4.78 is 4.92. The second kappa shape index (κ2) is 5.66. The number of ether oxygens (including phenoxy) is 1. The highest BCUT2D eigenvalue weighted by atomic mass is 35.5. The highest BCUT2D eigenvalue weighted by Crippen LogP contribution is 2.44. The van der Waals surface area contributed by atoms with Crippen molar-refractivity contribution in [1.82, 2.24) is 0 Å². The van der Waals surface area contributed by atoms with E-state index in [-0.39, 0.29) is 29.3 Å². The van der Waals surface area contributed by atoms with Crippen LogP contribution in [0.15, 0.2) is 17.3 Å². The maximum Gasteiger partial charge on any atom is 0.307 e. The summed E-state index contributed by atoms with van der Waals surface area (Å²) in [7, 11) is 0. The van der Waals surface area contributed by atoms with E-state index in [9.17, 15) is 14.8 Å². The molecule has 7 heteroatoms. The van der Waals surface area contributed by atoms with Crippen molar-refractivity contribution in [2.45, 2.75) is 25.7 Å². The van der Waals surface area contributed by atoms with Gasteiger partial charge in [-0.15, -0.1) is 0 Å². The van der Waals surface area contributed by atoms with Gasteiger partial charge in [-0.3, -0.25) is 9.59 Å². The first kappa shape index (κ1) is 15.8. The highest BCUT2D eigenvalue weighted by Gasteiger charge is 2.49. The lowest BCUT2D eigenvalue weighted by Gasteiger charge is -2.24. The summed E-state index contributed by atoms with van der Waals surface area (Å²) in [6.07, 6.45) is -0.152. The van der Waals surface area contributed by atoms with Crippen LogP contribution in [0.25, 0.3) is 0 Å². The van der Waals surface area contributed by atoms with Crippen molar-refractivity contribution < 1.29 is 19.5 Å². The van der Waals surface area contributed by atoms with E-state index >= 15 is 0 Å². The summed E-state index contributed by atoms with van der Waals surface area (Å²) in [4.78, 5) is 24.1. The van der Waals surface area contributed by atoms with Crippen LogP contribution in [0.5, 0.6) is 0 Å². The number of esters is 1. The van der Waals surface area contributed by atoms with Crippen LogP contribution in [0.4, 0.5) is 0 Å². The maximum absolute atomic E-state index is 12.3. The summed E-state index contributed by atoms with van der Waals surface area (Å²) in [5.41, 5.74) is -0.615. The van der Waals surface area contributed by atoms with Crippen molar-refractivity contribution in [3.8, 4) is 0 Å². The Kier molecular flexibility index (Phi) is 4.25. The van der Waals surface area contributed by atoms with Crippen LogP contribution >= 0.6 is 23.2 Å². The molecule has 0 spiro atoms. The SMILES string of the molecule is CCOC(=O)CC1(C)/C(=N\O)C(=O)c2cc(Cl)cc(Cl)c21. The average molecular weight is 330 g/mol. The zero-order valence-electron chi connectivity index (χ0n) is 11.4. The van der Waals surface area contributed by atoms with Crippen LogP contribution in [0.2, 0.25) is 10.0 Å². The third-order valence-corrected chi connectivity index (χ3v) is 4.01. The quantitative estimate of drug-likeness (QED) is 0.524. The van der Waals surface area contributed by atoms with Crippen molar-refractivity contribution in [3.63, 3.8) is 0 Å². The molecule has 0 amide bonds. The van der Waals surface area contributed by atoms with Gasteiger partial charge in [0.05, 0.1) is 18.4 Å². The van der Waals surface area contributed by atoms with Crippen LogP contribution in [0.1, 0.15) is 36.2 Å². The molecule has 0 aliphatic heterocycles. The Morgan fingerprint density at radius 1 is 1.43 bits per heavy atom. The number of Topliss-reactive ketones (excluding diaryl/α,β-unsaturated/α-hetero) is 1. The molecular weight excluding hydrogens is 317 g/mol. The van der Waals surface area contributed by atoms with E-state index in [2.05, 4.69) is 5.16 Å². The molecule has 0 radical (unpaired) electrons. The Hall–Kier alpha value is -1.59. The van der Waals surface area contributed by atoms with Crippen molar-refractivity contribution in [3.05, 3.63) is 33.3 Å². The molecule has 1 aromatic rings. The number of carbonyl (C=O) groups is 2. The molecule has 1 atom stereocenters. The summed E-state index contributed by atoms with van der Waals surface area (Å²) >= 11 is 12.1. The molecule has 21 heavy (non-hydrogen) atoms. The smallest absolute Gasteiger partial charge is 0.307 e. The van der Waals surface area contributed by atoms with E-state index < -0.39 is 17.2 Å².